The molecule has 2 bridgehead atoms. The Morgan fingerprint density at radius 2 is 0.810 bits per heavy atom. The monoisotopic (exact) mass is 684 g/mol. The van der Waals surface area contributed by atoms with E-state index >= 15 is 0 Å². The molecule has 144 valence electrons. The minimum Gasteiger partial charge on any atom is -0.412 e. The van der Waals surface area contributed by atoms with Crippen LogP contribution >= 0.6 is 0 Å². The van der Waals surface area contributed by atoms with Gasteiger partial charge in [-0.3, -0.25) is 0 Å². The fraction of sp³-hybridized carbons (Fsp3) is 0.429. The topological polar surface area (TPSA) is 184 Å². The summed E-state index contributed by atoms with van der Waals surface area (Å²) in [5, 5.41) is 25.1. The average molecular weight is 688 g/mol. The number of fused-ring (bicyclic) bond motifs is 2. The molecule has 4 radical (unpaired) electrons. The van der Waals surface area contributed by atoms with Crippen molar-refractivity contribution >= 4 is 0 Å². The largest absolute Gasteiger partial charge is 0.472 e. The van der Waals surface area contributed by atoms with Gasteiger partial charge in [-0.25, -0.2) is 20.8 Å². The average Bonchev–Trinajstić information content (AvgIpc) is 2.62. The minimum atomic E-state index is -1.25. The summed E-state index contributed by atoms with van der Waals surface area (Å²) in [6.45, 7) is 0. The first-order valence-corrected chi connectivity index (χ1v) is 3.98. The maximum absolute atomic E-state index is 8.47. The van der Waals surface area contributed by atoms with Crippen LogP contribution in [0, 0.1) is 21.6 Å². The minimum absolute atomic E-state index is 0. The molecule has 0 saturated heterocycles. The number of hydrogen-bond donors (Lipinski definition) is 4. The van der Waals surface area contributed by atoms with Crippen molar-refractivity contribution in [2.45, 2.75) is 6.42 Å². The fourth-order valence-corrected chi connectivity index (χ4v) is 1.33. The Morgan fingerprint density at radius 3 is 0.857 bits per heavy atom. The first-order chi connectivity index (χ1) is 6.91. The second kappa shape index (κ2) is 25.7. The van der Waals surface area contributed by atoms with Gasteiger partial charge in [0.05, 0.1) is 0 Å². The van der Waals surface area contributed by atoms with E-state index in [9.17, 15) is 0 Å². The van der Waals surface area contributed by atoms with E-state index in [1.165, 1.54) is 6.42 Å². The van der Waals surface area contributed by atoms with Crippen molar-refractivity contribution in [1.29, 1.82) is 0 Å². The van der Waals surface area contributed by atoms with E-state index in [-0.39, 0.29) is 100 Å². The van der Waals surface area contributed by atoms with Crippen molar-refractivity contribution in [3.8, 4) is 0 Å². The van der Waals surface area contributed by atoms with Crippen LogP contribution in [-0.4, -0.2) is 42.0 Å². The number of hydrogen-bond acceptors (Lipinski definition) is 2. The van der Waals surface area contributed by atoms with Crippen LogP contribution in [0.4, 0.5) is 0 Å². The van der Waals surface area contributed by atoms with Gasteiger partial charge in [0, 0.05) is 89.5 Å². The molecule has 14 heteroatoms. The van der Waals surface area contributed by atoms with Crippen molar-refractivity contribution in [2.24, 2.45) is 11.8 Å². The molecule has 8 N–H and O–H groups in total. The van der Waals surface area contributed by atoms with Crippen LogP contribution in [0.3, 0.4) is 0 Å². The summed E-state index contributed by atoms with van der Waals surface area (Å²) in [7, 11) is 0. The van der Waals surface area contributed by atoms with Crippen LogP contribution in [0.1, 0.15) is 6.42 Å². The third-order valence-electron chi connectivity index (χ3n) is 1.76. The predicted octanol–water partition coefficient (Wildman–Crippen LogP) is -0.824. The van der Waals surface area contributed by atoms with E-state index < -0.39 is 10.2 Å². The van der Waals surface area contributed by atoms with E-state index in [1.807, 2.05) is 0 Å². The van der Waals surface area contributed by atoms with Crippen LogP contribution in [0.5, 0.6) is 0 Å². The molecular formula is C7H16Ag4N2O8+2. The Hall–Kier alpha value is 0.761. The summed E-state index contributed by atoms with van der Waals surface area (Å²) in [6, 6.07) is 0. The van der Waals surface area contributed by atoms with E-state index in [0.717, 1.165) is 11.8 Å². The molecule has 0 fully saturated rings. The summed E-state index contributed by atoms with van der Waals surface area (Å²) in [6.07, 6.45) is 10.5. The second-order valence-corrected chi connectivity index (χ2v) is 2.84. The van der Waals surface area contributed by atoms with E-state index in [1.54, 1.807) is 0 Å². The third kappa shape index (κ3) is 33.5. The van der Waals surface area contributed by atoms with Gasteiger partial charge in [0.25, 0.3) is 0 Å². The van der Waals surface area contributed by atoms with Gasteiger partial charge in [-0.05, 0) is 18.3 Å². The summed E-state index contributed by atoms with van der Waals surface area (Å²) >= 11 is 0. The zero-order valence-electron chi connectivity index (χ0n) is 9.88. The molecule has 10 nitrogen and oxygen atoms in total. The molecule has 0 unspecified atom stereocenters. The molecule has 21 heavy (non-hydrogen) atoms. The zero-order valence-corrected chi connectivity index (χ0v) is 15.8. The normalized spacial score (nSPS) is 16.8. The van der Waals surface area contributed by atoms with E-state index in [0.29, 0.717) is 0 Å². The molecule has 0 atom stereocenters. The predicted molar refractivity (Wildman–Crippen MR) is 51.5 cm³/mol. The quantitative estimate of drug-likeness (QED) is 0.147. The molecule has 0 saturated carbocycles. The van der Waals surface area contributed by atoms with Gasteiger partial charge >= 0.3 is 10.2 Å². The van der Waals surface area contributed by atoms with Crippen LogP contribution < -0.4 is 0 Å². The molecule has 0 amide bonds. The Morgan fingerprint density at radius 1 is 0.667 bits per heavy atom. The molecule has 2 aliphatic carbocycles. The van der Waals surface area contributed by atoms with E-state index in [2.05, 4.69) is 24.3 Å². The van der Waals surface area contributed by atoms with Gasteiger partial charge < -0.3 is 11.0 Å². The van der Waals surface area contributed by atoms with Gasteiger partial charge in [-0.15, -0.1) is 0 Å². The number of allylic oxidation sites excluding steroid dienone is 4. The molecule has 0 heterocycles. The van der Waals surface area contributed by atoms with Crippen molar-refractivity contribution in [1.82, 2.24) is 0 Å². The van der Waals surface area contributed by atoms with Gasteiger partial charge in [-0.1, -0.05) is 24.3 Å². The summed E-state index contributed by atoms with van der Waals surface area (Å²) in [5.74, 6) is 1.62. The van der Waals surface area contributed by atoms with Gasteiger partial charge in [0.2, 0.25) is 0 Å². The first-order valence-electron chi connectivity index (χ1n) is 3.98. The van der Waals surface area contributed by atoms with Crippen molar-refractivity contribution < 1.29 is 131 Å². The van der Waals surface area contributed by atoms with Gasteiger partial charge in [0.1, 0.15) is 9.81 Å². The smallest absolute Gasteiger partial charge is 0.412 e. The molecule has 0 aliphatic heterocycles. The van der Waals surface area contributed by atoms with Crippen LogP contribution in [0.2, 0.25) is 0 Å². The van der Waals surface area contributed by atoms with Gasteiger partial charge in [0.15, 0.2) is 0 Å². The molecule has 0 spiro atoms. The third-order valence-corrected chi connectivity index (χ3v) is 1.76. The summed E-state index contributed by atoms with van der Waals surface area (Å²) in [4.78, 5) is 16.9. The van der Waals surface area contributed by atoms with Crippen LogP contribution in [0.15, 0.2) is 24.3 Å². The van der Waals surface area contributed by atoms with Crippen molar-refractivity contribution in [2.75, 3.05) is 0 Å². The second-order valence-electron chi connectivity index (χ2n) is 2.84. The molecule has 2 rings (SSSR count). The molecular weight excluding hydrogens is 672 g/mol. The number of rotatable bonds is 0. The summed E-state index contributed by atoms with van der Waals surface area (Å²) < 4.78 is 0. The van der Waals surface area contributed by atoms with Crippen LogP contribution in [-0.2, 0) is 89.5 Å². The van der Waals surface area contributed by atoms with Crippen molar-refractivity contribution in [3.05, 3.63) is 34.1 Å². The Labute approximate surface area is 182 Å². The standard InChI is InChI=1S/C7H8.4Ag.2H2NO3.2H2O/c1-2-7-4-3-6(1)5-7;;;;;2*2-1(3)4;;/h1-4,6-7H,5H2;;;;;2*(H2,2,3,4);2*1H2/q;;;;;2*+1;;. The summed E-state index contributed by atoms with van der Waals surface area (Å²) in [5.41, 5.74) is 0. The zero-order chi connectivity index (χ0) is 11.8. The number of nitrogens with zero attached hydrogens (tertiary/aromatic N) is 2. The first kappa shape index (κ1) is 43.0. The van der Waals surface area contributed by atoms with Crippen LogP contribution in [0.25, 0.3) is 0 Å². The molecule has 0 aromatic heterocycles. The molecule has 0 aromatic rings. The Bertz CT molecular complexity index is 256. The van der Waals surface area contributed by atoms with Crippen molar-refractivity contribution in [3.63, 3.8) is 0 Å². The van der Waals surface area contributed by atoms with Gasteiger partial charge in [-0.2, -0.15) is 0 Å². The maximum atomic E-state index is 8.47. The Balaban J connectivity index is -0.0000000259. The Kier molecular flexibility index (Phi) is 52.7. The molecule has 0 aromatic carbocycles. The SMILES string of the molecule is C1=CC2C=CC1C2.O.O.O=[N+](O)O.O=[N+](O)O.[Ag].[Ag].[Ag].[Ag]. The molecule has 2 aliphatic rings. The fourth-order valence-electron chi connectivity index (χ4n) is 1.33. The maximum Gasteiger partial charge on any atom is 0.472 e. The van der Waals surface area contributed by atoms with E-state index in [4.69, 9.17) is 30.6 Å².